The van der Waals surface area contributed by atoms with Crippen LogP contribution in [0.25, 0.3) is 0 Å². The summed E-state index contributed by atoms with van der Waals surface area (Å²) < 4.78 is 17.6. The van der Waals surface area contributed by atoms with Crippen molar-refractivity contribution in [3.8, 4) is 0 Å². The molecule has 5 nitrogen and oxygen atoms in total. The van der Waals surface area contributed by atoms with E-state index in [0.717, 1.165) is 19.0 Å². The maximum atomic E-state index is 5.87. The molecule has 1 heterocycles. The van der Waals surface area contributed by atoms with Gasteiger partial charge in [0.05, 0.1) is 6.17 Å². The highest BCUT2D eigenvalue weighted by atomic mass is 28.4. The van der Waals surface area contributed by atoms with Crippen molar-refractivity contribution in [2.24, 2.45) is 0 Å². The van der Waals surface area contributed by atoms with E-state index in [1.165, 1.54) is 0 Å². The van der Waals surface area contributed by atoms with Crippen LogP contribution >= 0.6 is 0 Å². The summed E-state index contributed by atoms with van der Waals surface area (Å²) in [6, 6.07) is 0.878. The molecule has 0 saturated carbocycles. The Labute approximate surface area is 124 Å². The predicted octanol–water partition coefficient (Wildman–Crippen LogP) is 2.49. The molecule has 118 valence electrons. The van der Waals surface area contributed by atoms with Gasteiger partial charge in [0, 0.05) is 51.9 Å². The molecule has 6 heteroatoms. The van der Waals surface area contributed by atoms with E-state index in [9.17, 15) is 0 Å². The second kappa shape index (κ2) is 8.66. The first-order valence-electron chi connectivity index (χ1n) is 7.66. The Morgan fingerprint density at radius 1 is 1.00 bits per heavy atom. The third-order valence-corrected chi connectivity index (χ3v) is 6.71. The lowest BCUT2D eigenvalue weighted by molar-refractivity contribution is 0.0696. The first-order valence-corrected chi connectivity index (χ1v) is 9.59. The van der Waals surface area contributed by atoms with Gasteiger partial charge in [0.25, 0.3) is 0 Å². The van der Waals surface area contributed by atoms with Gasteiger partial charge in [-0.1, -0.05) is 0 Å². The Morgan fingerprint density at radius 3 is 1.95 bits per heavy atom. The summed E-state index contributed by atoms with van der Waals surface area (Å²) in [5.74, 6) is 0. The third-order valence-electron chi connectivity index (χ3n) is 3.55. The van der Waals surface area contributed by atoms with E-state index in [1.807, 2.05) is 20.8 Å². The highest BCUT2D eigenvalue weighted by Gasteiger charge is 2.39. The molecule has 0 amide bonds. The molecule has 1 rings (SSSR count). The molecule has 1 aliphatic rings. The summed E-state index contributed by atoms with van der Waals surface area (Å²) in [7, 11) is -0.373. The van der Waals surface area contributed by atoms with Gasteiger partial charge in [-0.15, -0.1) is 0 Å². The molecule has 0 spiro atoms. The monoisotopic (exact) mass is 302 g/mol. The second-order valence-corrected chi connectivity index (χ2v) is 7.65. The van der Waals surface area contributed by atoms with Gasteiger partial charge in [-0.3, -0.25) is 0 Å². The van der Waals surface area contributed by atoms with Gasteiger partial charge in [-0.05, 0) is 34.1 Å². The fourth-order valence-electron chi connectivity index (χ4n) is 2.41. The Hall–Kier alpha value is -0.563. The van der Waals surface area contributed by atoms with Crippen molar-refractivity contribution < 1.29 is 13.3 Å². The van der Waals surface area contributed by atoms with E-state index in [0.29, 0.717) is 26.0 Å². The van der Waals surface area contributed by atoms with E-state index < -0.39 is 8.80 Å². The van der Waals surface area contributed by atoms with Gasteiger partial charge in [0.2, 0.25) is 0 Å². The summed E-state index contributed by atoms with van der Waals surface area (Å²) in [5, 5.41) is 0. The number of rotatable bonds is 10. The van der Waals surface area contributed by atoms with Crippen molar-refractivity contribution in [1.29, 1.82) is 0 Å². The normalized spacial score (nSPS) is 19.1. The standard InChI is InChI=1S/C14H30N2O3Si/c1-6-17-20(18-7-2,19-8-3)13-9-10-16-12-11-15(5)14(16)4/h11-12,14H,6-10,13H2,1-5H3. The van der Waals surface area contributed by atoms with Crippen LogP contribution in [-0.2, 0) is 13.3 Å². The van der Waals surface area contributed by atoms with Crippen LogP contribution in [0.5, 0.6) is 0 Å². The molecule has 20 heavy (non-hydrogen) atoms. The second-order valence-electron chi connectivity index (χ2n) is 4.92. The van der Waals surface area contributed by atoms with E-state index in [-0.39, 0.29) is 0 Å². The lowest BCUT2D eigenvalue weighted by Gasteiger charge is -2.30. The maximum Gasteiger partial charge on any atom is 0.500 e. The minimum atomic E-state index is -2.47. The molecular formula is C14H30N2O3Si. The molecule has 0 bridgehead atoms. The summed E-state index contributed by atoms with van der Waals surface area (Å²) in [6.45, 7) is 11.2. The average molecular weight is 302 g/mol. The van der Waals surface area contributed by atoms with Crippen molar-refractivity contribution >= 4 is 8.80 Å². The van der Waals surface area contributed by atoms with E-state index >= 15 is 0 Å². The van der Waals surface area contributed by atoms with Crippen LogP contribution in [0.4, 0.5) is 0 Å². The van der Waals surface area contributed by atoms with E-state index in [2.05, 4.69) is 36.2 Å². The van der Waals surface area contributed by atoms with Crippen molar-refractivity contribution in [2.45, 2.75) is 46.3 Å². The predicted molar refractivity (Wildman–Crippen MR) is 83.1 cm³/mol. The van der Waals surface area contributed by atoms with Gasteiger partial charge >= 0.3 is 8.80 Å². The summed E-state index contributed by atoms with van der Waals surface area (Å²) >= 11 is 0. The molecule has 0 radical (unpaired) electrons. The van der Waals surface area contributed by atoms with Crippen LogP contribution in [0.1, 0.15) is 34.1 Å². The van der Waals surface area contributed by atoms with Crippen LogP contribution in [0, 0.1) is 0 Å². The SMILES string of the molecule is CCO[Si](CCCN1C=CN(C)C1C)(OCC)OCC. The molecule has 0 saturated heterocycles. The van der Waals surface area contributed by atoms with Crippen LogP contribution in [0.2, 0.25) is 6.04 Å². The van der Waals surface area contributed by atoms with Gasteiger partial charge in [-0.2, -0.15) is 0 Å². The lowest BCUT2D eigenvalue weighted by Crippen LogP contribution is -2.46. The minimum Gasteiger partial charge on any atom is -0.374 e. The van der Waals surface area contributed by atoms with Gasteiger partial charge in [0.1, 0.15) is 0 Å². The Balaban J connectivity index is 2.47. The highest BCUT2D eigenvalue weighted by molar-refractivity contribution is 6.60. The van der Waals surface area contributed by atoms with Gasteiger partial charge in [0.15, 0.2) is 0 Å². The zero-order valence-corrected chi connectivity index (χ0v) is 14.6. The lowest BCUT2D eigenvalue weighted by atomic mass is 10.4. The van der Waals surface area contributed by atoms with Gasteiger partial charge < -0.3 is 23.1 Å². The Kier molecular flexibility index (Phi) is 7.58. The number of nitrogens with zero attached hydrogens (tertiary/aromatic N) is 2. The van der Waals surface area contributed by atoms with Gasteiger partial charge in [-0.25, -0.2) is 0 Å². The molecule has 1 aliphatic heterocycles. The van der Waals surface area contributed by atoms with Crippen LogP contribution in [0.15, 0.2) is 12.4 Å². The number of hydrogen-bond donors (Lipinski definition) is 0. The molecule has 1 unspecified atom stereocenters. The average Bonchev–Trinajstić information content (AvgIpc) is 2.72. The maximum absolute atomic E-state index is 5.87. The number of hydrogen-bond acceptors (Lipinski definition) is 5. The van der Waals surface area contributed by atoms with E-state index in [4.69, 9.17) is 13.3 Å². The van der Waals surface area contributed by atoms with E-state index in [1.54, 1.807) is 0 Å². The van der Waals surface area contributed by atoms with Crippen molar-refractivity contribution in [3.63, 3.8) is 0 Å². The van der Waals surface area contributed by atoms with Crippen molar-refractivity contribution in [2.75, 3.05) is 33.4 Å². The zero-order chi connectivity index (χ0) is 15.0. The fraction of sp³-hybridized carbons (Fsp3) is 0.857. The minimum absolute atomic E-state index is 0.428. The van der Waals surface area contributed by atoms with Crippen LogP contribution in [0.3, 0.4) is 0 Å². The topological polar surface area (TPSA) is 34.2 Å². The summed E-state index contributed by atoms with van der Waals surface area (Å²) in [5.41, 5.74) is 0. The van der Waals surface area contributed by atoms with Crippen molar-refractivity contribution in [3.05, 3.63) is 12.4 Å². The molecule has 0 aromatic carbocycles. The molecule has 0 aromatic heterocycles. The van der Waals surface area contributed by atoms with Crippen LogP contribution < -0.4 is 0 Å². The quantitative estimate of drug-likeness (QED) is 0.579. The summed E-state index contributed by atoms with van der Waals surface area (Å²) in [6.07, 6.45) is 5.71. The largest absolute Gasteiger partial charge is 0.500 e. The van der Waals surface area contributed by atoms with Crippen molar-refractivity contribution in [1.82, 2.24) is 9.80 Å². The molecule has 0 aromatic rings. The molecular weight excluding hydrogens is 272 g/mol. The van der Waals surface area contributed by atoms with Crippen LogP contribution in [-0.4, -0.2) is 58.2 Å². The summed E-state index contributed by atoms with van der Waals surface area (Å²) in [4.78, 5) is 4.54. The Bertz CT molecular complexity index is 285. The molecule has 1 atom stereocenters. The first kappa shape index (κ1) is 17.5. The molecule has 0 N–H and O–H groups in total. The molecule has 0 aliphatic carbocycles. The Morgan fingerprint density at radius 2 is 1.55 bits per heavy atom. The fourth-order valence-corrected chi connectivity index (χ4v) is 5.01. The molecule has 0 fully saturated rings. The third kappa shape index (κ3) is 4.77. The zero-order valence-electron chi connectivity index (χ0n) is 13.6. The smallest absolute Gasteiger partial charge is 0.374 e. The highest BCUT2D eigenvalue weighted by Crippen LogP contribution is 2.20. The first-order chi connectivity index (χ1) is 9.58.